The molecule has 4 aromatic rings. The first-order valence-electron chi connectivity index (χ1n) is 9.86. The van der Waals surface area contributed by atoms with Gasteiger partial charge in [-0.25, -0.2) is 9.97 Å². The number of aromatic nitrogens is 3. The van der Waals surface area contributed by atoms with Gasteiger partial charge in [0.05, 0.1) is 28.8 Å². The summed E-state index contributed by atoms with van der Waals surface area (Å²) in [6.07, 6.45) is 1.65. The number of carbonyl (C=O) groups excluding carboxylic acids is 2. The molecule has 0 spiro atoms. The number of thiophene rings is 2. The fraction of sp³-hybridized carbons (Fsp3) is 0.286. The van der Waals surface area contributed by atoms with E-state index >= 15 is 0 Å². The Labute approximate surface area is 196 Å². The highest BCUT2D eigenvalue weighted by atomic mass is 32.1. The third-order valence-electron chi connectivity index (χ3n) is 4.91. The smallest absolute Gasteiger partial charge is 0.262 e. The van der Waals surface area contributed by atoms with Gasteiger partial charge in [0, 0.05) is 35.0 Å². The zero-order chi connectivity index (χ0) is 22.8. The molecule has 0 aliphatic rings. The minimum atomic E-state index is -0.214. The number of amides is 2. The number of fused-ring (bicyclic) bond motifs is 1. The van der Waals surface area contributed by atoms with Crippen LogP contribution in [0.5, 0.6) is 0 Å². The summed E-state index contributed by atoms with van der Waals surface area (Å²) in [4.78, 5) is 48.9. The van der Waals surface area contributed by atoms with E-state index in [1.165, 1.54) is 40.5 Å². The molecule has 8 nitrogen and oxygen atoms in total. The maximum atomic E-state index is 12.7. The van der Waals surface area contributed by atoms with Crippen LogP contribution in [0.25, 0.3) is 20.8 Å². The van der Waals surface area contributed by atoms with Crippen LogP contribution >= 0.6 is 34.0 Å². The summed E-state index contributed by atoms with van der Waals surface area (Å²) in [5.74, 6) is -0.286. The minimum Gasteiger partial charge on any atom is -0.351 e. The number of nitrogens with one attached hydrogen (secondary N) is 2. The van der Waals surface area contributed by atoms with Crippen molar-refractivity contribution in [3.63, 3.8) is 0 Å². The van der Waals surface area contributed by atoms with E-state index in [1.54, 1.807) is 11.3 Å². The van der Waals surface area contributed by atoms with E-state index < -0.39 is 0 Å². The number of aryl methyl sites for hydroxylation is 3. The van der Waals surface area contributed by atoms with Crippen LogP contribution in [0.4, 0.5) is 5.13 Å². The van der Waals surface area contributed by atoms with Gasteiger partial charge in [0.1, 0.15) is 4.83 Å². The second kappa shape index (κ2) is 9.31. The van der Waals surface area contributed by atoms with Crippen LogP contribution in [0.3, 0.4) is 0 Å². The Hall–Kier alpha value is -2.89. The average Bonchev–Trinajstić information content (AvgIpc) is 3.46. The van der Waals surface area contributed by atoms with Crippen LogP contribution < -0.4 is 16.2 Å². The van der Waals surface area contributed by atoms with Crippen molar-refractivity contribution in [1.29, 1.82) is 0 Å². The van der Waals surface area contributed by atoms with Gasteiger partial charge in [-0.05, 0) is 31.5 Å². The third-order valence-corrected chi connectivity index (χ3v) is 7.89. The summed E-state index contributed by atoms with van der Waals surface area (Å²) in [7, 11) is 0. The second-order valence-corrected chi connectivity index (χ2v) is 10.4. The van der Waals surface area contributed by atoms with Gasteiger partial charge < -0.3 is 10.6 Å². The Kier molecular flexibility index (Phi) is 6.49. The van der Waals surface area contributed by atoms with Gasteiger partial charge in [-0.15, -0.1) is 34.0 Å². The van der Waals surface area contributed by atoms with Crippen LogP contribution in [0.2, 0.25) is 0 Å². The number of carbonyl (C=O) groups is 2. The fourth-order valence-electron chi connectivity index (χ4n) is 3.10. The van der Waals surface area contributed by atoms with E-state index in [0.29, 0.717) is 17.1 Å². The van der Waals surface area contributed by atoms with Crippen LogP contribution in [-0.4, -0.2) is 26.3 Å². The number of hydrogen-bond donors (Lipinski definition) is 2. The van der Waals surface area contributed by atoms with Gasteiger partial charge in [0.15, 0.2) is 5.13 Å². The number of rotatable bonds is 7. The predicted octanol–water partition coefficient (Wildman–Crippen LogP) is 3.92. The molecule has 2 amide bonds. The molecule has 0 aromatic carbocycles. The van der Waals surface area contributed by atoms with Crippen LogP contribution in [0.1, 0.15) is 28.7 Å². The van der Waals surface area contributed by atoms with Crippen molar-refractivity contribution < 1.29 is 9.59 Å². The summed E-state index contributed by atoms with van der Waals surface area (Å²) < 4.78 is 1.48. The lowest BCUT2D eigenvalue weighted by atomic mass is 10.2. The van der Waals surface area contributed by atoms with Crippen LogP contribution in [-0.2, 0) is 22.7 Å². The van der Waals surface area contributed by atoms with E-state index in [2.05, 4.69) is 20.6 Å². The molecule has 11 heteroatoms. The van der Waals surface area contributed by atoms with Crippen molar-refractivity contribution in [2.75, 3.05) is 5.32 Å². The van der Waals surface area contributed by atoms with Crippen LogP contribution in [0.15, 0.2) is 28.6 Å². The second-order valence-electron chi connectivity index (χ2n) is 7.22. The fourth-order valence-corrected chi connectivity index (χ4v) is 5.80. The van der Waals surface area contributed by atoms with Crippen molar-refractivity contribution in [2.24, 2.45) is 0 Å². The van der Waals surface area contributed by atoms with E-state index in [9.17, 15) is 14.4 Å². The molecule has 0 bridgehead atoms. The largest absolute Gasteiger partial charge is 0.351 e. The first-order valence-corrected chi connectivity index (χ1v) is 12.4. The number of anilines is 1. The third kappa shape index (κ3) is 4.79. The summed E-state index contributed by atoms with van der Waals surface area (Å²) in [5, 5.41) is 8.60. The zero-order valence-corrected chi connectivity index (χ0v) is 20.2. The standard InChI is InChI=1S/C21H21N5O3S3/c1-11-12(2)31-19-18(11)20(29)26(10-23-19)7-6-17(28)25-21-24-15(9-30-21)16-5-4-14(32-16)8-22-13(3)27/h4-5,9-10H,6-8H2,1-3H3,(H,22,27)(H,24,25,28). The quantitative estimate of drug-likeness (QED) is 0.411. The molecule has 166 valence electrons. The van der Waals surface area contributed by atoms with Gasteiger partial charge >= 0.3 is 0 Å². The van der Waals surface area contributed by atoms with Gasteiger partial charge in [0.25, 0.3) is 5.56 Å². The Balaban J connectivity index is 1.37. The molecule has 4 aromatic heterocycles. The SMILES string of the molecule is CC(=O)NCc1ccc(-c2csc(NC(=O)CCn3cnc4sc(C)c(C)c4c3=O)n2)s1. The molecule has 0 radical (unpaired) electrons. The van der Waals surface area contributed by atoms with Gasteiger partial charge in [0.2, 0.25) is 11.8 Å². The molecule has 4 rings (SSSR count). The van der Waals surface area contributed by atoms with E-state index in [-0.39, 0.29) is 30.3 Å². The molecule has 0 saturated carbocycles. The molecule has 0 fully saturated rings. The zero-order valence-electron chi connectivity index (χ0n) is 17.7. The lowest BCUT2D eigenvalue weighted by Crippen LogP contribution is -2.23. The average molecular weight is 488 g/mol. The molecule has 32 heavy (non-hydrogen) atoms. The summed E-state index contributed by atoms with van der Waals surface area (Å²) in [5.41, 5.74) is 1.61. The maximum Gasteiger partial charge on any atom is 0.262 e. The molecular weight excluding hydrogens is 466 g/mol. The molecule has 0 atom stereocenters. The Morgan fingerprint density at radius 2 is 2.00 bits per heavy atom. The summed E-state index contributed by atoms with van der Waals surface area (Å²) in [6, 6.07) is 3.90. The number of hydrogen-bond acceptors (Lipinski definition) is 8. The van der Waals surface area contributed by atoms with E-state index in [0.717, 1.165) is 30.7 Å². The molecule has 0 aliphatic heterocycles. The Morgan fingerprint density at radius 1 is 1.19 bits per heavy atom. The van der Waals surface area contributed by atoms with Crippen molar-refractivity contribution >= 4 is 61.2 Å². The molecular formula is C21H21N5O3S3. The highest BCUT2D eigenvalue weighted by Crippen LogP contribution is 2.31. The highest BCUT2D eigenvalue weighted by Gasteiger charge is 2.14. The molecule has 2 N–H and O–H groups in total. The number of nitrogens with zero attached hydrogens (tertiary/aromatic N) is 3. The summed E-state index contributed by atoms with van der Waals surface area (Å²) in [6.45, 7) is 6.11. The van der Waals surface area contributed by atoms with Gasteiger partial charge in [-0.2, -0.15) is 0 Å². The predicted molar refractivity (Wildman–Crippen MR) is 130 cm³/mol. The topological polar surface area (TPSA) is 106 Å². The summed E-state index contributed by atoms with van der Waals surface area (Å²) >= 11 is 4.40. The van der Waals surface area contributed by atoms with Crippen LogP contribution in [0, 0.1) is 13.8 Å². The minimum absolute atomic E-state index is 0.0721. The van der Waals surface area contributed by atoms with Crippen molar-refractivity contribution in [3.8, 4) is 10.6 Å². The molecule has 4 heterocycles. The first kappa shape index (κ1) is 22.3. The van der Waals surface area contributed by atoms with E-state index in [4.69, 9.17) is 0 Å². The lowest BCUT2D eigenvalue weighted by Gasteiger charge is -2.05. The molecule has 0 unspecified atom stereocenters. The molecule has 0 aliphatic carbocycles. The van der Waals surface area contributed by atoms with Crippen molar-refractivity contribution in [3.05, 3.63) is 49.5 Å². The maximum absolute atomic E-state index is 12.7. The lowest BCUT2D eigenvalue weighted by molar-refractivity contribution is -0.119. The van der Waals surface area contributed by atoms with Crippen molar-refractivity contribution in [2.45, 2.75) is 40.3 Å². The molecule has 0 saturated heterocycles. The Morgan fingerprint density at radius 3 is 2.78 bits per heavy atom. The van der Waals surface area contributed by atoms with E-state index in [1.807, 2.05) is 31.4 Å². The van der Waals surface area contributed by atoms with Gasteiger partial charge in [-0.3, -0.25) is 19.0 Å². The Bertz CT molecular complexity index is 1360. The van der Waals surface area contributed by atoms with Crippen molar-refractivity contribution in [1.82, 2.24) is 19.9 Å². The normalized spacial score (nSPS) is 11.1. The number of thiazole rings is 1. The monoisotopic (exact) mass is 487 g/mol. The first-order chi connectivity index (χ1) is 15.3. The van der Waals surface area contributed by atoms with Gasteiger partial charge in [-0.1, -0.05) is 0 Å². The highest BCUT2D eigenvalue weighted by molar-refractivity contribution is 7.18.